The Bertz CT molecular complexity index is 125. The lowest BCUT2D eigenvalue weighted by molar-refractivity contribution is -0.0847. The van der Waals surface area contributed by atoms with Crippen molar-refractivity contribution in [3.05, 3.63) is 0 Å². The zero-order valence-corrected chi connectivity index (χ0v) is 8.56. The minimum Gasteiger partial charge on any atom is -0.384 e. The summed E-state index contributed by atoms with van der Waals surface area (Å²) in [6, 6.07) is 0. The van der Waals surface area contributed by atoms with Crippen LogP contribution in [-0.2, 0) is 25.0 Å². The van der Waals surface area contributed by atoms with E-state index >= 15 is 0 Å². The van der Waals surface area contributed by atoms with Crippen molar-refractivity contribution in [3.63, 3.8) is 0 Å². The molecule has 0 heterocycles. The number of ether oxygens (including phenoxy) is 3. The SMILES string of the molecule is COCCS(=O)CC(OC)OC. The molecule has 74 valence electrons. The highest BCUT2D eigenvalue weighted by Gasteiger charge is 2.09. The second-order valence-electron chi connectivity index (χ2n) is 2.20. The highest BCUT2D eigenvalue weighted by molar-refractivity contribution is 7.85. The highest BCUT2D eigenvalue weighted by atomic mass is 32.2. The molecule has 0 radical (unpaired) electrons. The third-order valence-electron chi connectivity index (χ3n) is 1.36. The average molecular weight is 196 g/mol. The van der Waals surface area contributed by atoms with E-state index in [-0.39, 0.29) is 6.29 Å². The topological polar surface area (TPSA) is 44.8 Å². The fraction of sp³-hybridized carbons (Fsp3) is 1.00. The van der Waals surface area contributed by atoms with Crippen molar-refractivity contribution in [3.8, 4) is 0 Å². The summed E-state index contributed by atoms with van der Waals surface area (Å²) >= 11 is 0. The minimum absolute atomic E-state index is 0.373. The van der Waals surface area contributed by atoms with Crippen LogP contribution in [0.2, 0.25) is 0 Å². The average Bonchev–Trinajstić information content (AvgIpc) is 2.10. The first kappa shape index (κ1) is 12.0. The predicted octanol–water partition coefficient (Wildman–Crippen LogP) is 0.000400. The minimum atomic E-state index is -0.925. The Hall–Kier alpha value is 0.0300. The van der Waals surface area contributed by atoms with Gasteiger partial charge in [0.25, 0.3) is 0 Å². The summed E-state index contributed by atoms with van der Waals surface area (Å²) in [5.74, 6) is 0.927. The predicted molar refractivity (Wildman–Crippen MR) is 47.6 cm³/mol. The molecule has 4 nitrogen and oxygen atoms in total. The standard InChI is InChI=1S/C7H16O4S/c1-9-4-5-12(8)6-7(10-2)11-3/h7H,4-6H2,1-3H3. The highest BCUT2D eigenvalue weighted by Crippen LogP contribution is 1.95. The molecule has 0 fully saturated rings. The third kappa shape index (κ3) is 5.65. The van der Waals surface area contributed by atoms with E-state index in [0.717, 1.165) is 0 Å². The van der Waals surface area contributed by atoms with Gasteiger partial charge in [-0.15, -0.1) is 0 Å². The van der Waals surface area contributed by atoms with Gasteiger partial charge >= 0.3 is 0 Å². The molecule has 0 aliphatic rings. The summed E-state index contributed by atoms with van der Waals surface area (Å²) in [6.07, 6.45) is -0.373. The van der Waals surface area contributed by atoms with Crippen LogP contribution in [0.1, 0.15) is 0 Å². The number of hydrogen-bond donors (Lipinski definition) is 0. The molecule has 0 spiro atoms. The Kier molecular flexibility index (Phi) is 7.69. The molecule has 0 aromatic carbocycles. The summed E-state index contributed by atoms with van der Waals surface area (Å²) in [4.78, 5) is 0. The number of rotatable bonds is 7. The molecule has 0 saturated heterocycles. The molecule has 1 unspecified atom stereocenters. The van der Waals surface area contributed by atoms with Crippen LogP contribution in [0.5, 0.6) is 0 Å². The van der Waals surface area contributed by atoms with E-state index in [9.17, 15) is 4.21 Å². The Balaban J connectivity index is 3.52. The van der Waals surface area contributed by atoms with Gasteiger partial charge < -0.3 is 14.2 Å². The molecule has 0 aliphatic heterocycles. The van der Waals surface area contributed by atoms with Crippen LogP contribution in [-0.4, -0.2) is 49.9 Å². The van der Waals surface area contributed by atoms with Crippen LogP contribution in [0.4, 0.5) is 0 Å². The zero-order valence-electron chi connectivity index (χ0n) is 7.74. The molecule has 0 amide bonds. The van der Waals surface area contributed by atoms with Gasteiger partial charge in [0.15, 0.2) is 6.29 Å². The molecule has 12 heavy (non-hydrogen) atoms. The summed E-state index contributed by atoms with van der Waals surface area (Å²) in [5, 5.41) is 0. The van der Waals surface area contributed by atoms with E-state index in [4.69, 9.17) is 14.2 Å². The van der Waals surface area contributed by atoms with Crippen molar-refractivity contribution in [2.24, 2.45) is 0 Å². The van der Waals surface area contributed by atoms with E-state index in [1.165, 1.54) is 14.2 Å². The van der Waals surface area contributed by atoms with Crippen LogP contribution in [0, 0.1) is 0 Å². The lowest BCUT2D eigenvalue weighted by atomic mass is 10.7. The Morgan fingerprint density at radius 3 is 2.25 bits per heavy atom. The van der Waals surface area contributed by atoms with Gasteiger partial charge in [-0.2, -0.15) is 0 Å². The first-order chi connectivity index (χ1) is 5.74. The molecular formula is C7H16O4S. The fourth-order valence-corrected chi connectivity index (χ4v) is 1.74. The van der Waals surface area contributed by atoms with Crippen molar-refractivity contribution in [1.29, 1.82) is 0 Å². The van der Waals surface area contributed by atoms with Crippen molar-refractivity contribution in [1.82, 2.24) is 0 Å². The molecule has 0 N–H and O–H groups in total. The van der Waals surface area contributed by atoms with Gasteiger partial charge in [0.05, 0.1) is 12.4 Å². The maximum atomic E-state index is 11.2. The van der Waals surface area contributed by atoms with Crippen LogP contribution < -0.4 is 0 Å². The van der Waals surface area contributed by atoms with E-state index in [0.29, 0.717) is 18.1 Å². The second kappa shape index (κ2) is 7.67. The fourth-order valence-electron chi connectivity index (χ4n) is 0.644. The lowest BCUT2D eigenvalue weighted by Crippen LogP contribution is -2.23. The summed E-state index contributed by atoms with van der Waals surface area (Å²) in [5.41, 5.74) is 0. The van der Waals surface area contributed by atoms with Gasteiger partial charge in [-0.05, 0) is 0 Å². The normalized spacial score (nSPS) is 13.7. The maximum absolute atomic E-state index is 11.2. The molecule has 0 rings (SSSR count). The van der Waals surface area contributed by atoms with E-state index in [2.05, 4.69) is 0 Å². The number of methoxy groups -OCH3 is 3. The van der Waals surface area contributed by atoms with Gasteiger partial charge in [-0.1, -0.05) is 0 Å². The summed E-state index contributed by atoms with van der Waals surface area (Å²) in [6.45, 7) is 0.507. The summed E-state index contributed by atoms with van der Waals surface area (Å²) in [7, 11) is 3.72. The monoisotopic (exact) mass is 196 g/mol. The molecule has 0 bridgehead atoms. The molecule has 0 aromatic heterocycles. The van der Waals surface area contributed by atoms with Gasteiger partial charge in [0.1, 0.15) is 0 Å². The van der Waals surface area contributed by atoms with Crippen molar-refractivity contribution in [2.75, 3.05) is 39.4 Å². The van der Waals surface area contributed by atoms with Crippen molar-refractivity contribution >= 4 is 10.8 Å². The van der Waals surface area contributed by atoms with Gasteiger partial charge in [-0.25, -0.2) is 0 Å². The smallest absolute Gasteiger partial charge is 0.168 e. The first-order valence-corrected chi connectivity index (χ1v) is 5.13. The first-order valence-electron chi connectivity index (χ1n) is 3.64. The van der Waals surface area contributed by atoms with Crippen LogP contribution in [0.3, 0.4) is 0 Å². The number of hydrogen-bond acceptors (Lipinski definition) is 4. The lowest BCUT2D eigenvalue weighted by Gasteiger charge is -2.12. The Morgan fingerprint density at radius 1 is 1.25 bits per heavy atom. The zero-order chi connectivity index (χ0) is 9.40. The molecule has 1 atom stereocenters. The molecule has 5 heteroatoms. The Labute approximate surface area is 75.6 Å². The quantitative estimate of drug-likeness (QED) is 0.538. The molecule has 0 aromatic rings. The van der Waals surface area contributed by atoms with Crippen LogP contribution in [0.15, 0.2) is 0 Å². The third-order valence-corrected chi connectivity index (χ3v) is 2.63. The second-order valence-corrected chi connectivity index (χ2v) is 3.83. The van der Waals surface area contributed by atoms with E-state index < -0.39 is 10.8 Å². The molecule has 0 aliphatic carbocycles. The van der Waals surface area contributed by atoms with Crippen LogP contribution >= 0.6 is 0 Å². The van der Waals surface area contributed by atoms with E-state index in [1.807, 2.05) is 0 Å². The summed E-state index contributed by atoms with van der Waals surface area (Å²) < 4.78 is 25.8. The van der Waals surface area contributed by atoms with Crippen LogP contribution in [0.25, 0.3) is 0 Å². The Morgan fingerprint density at radius 2 is 1.83 bits per heavy atom. The van der Waals surface area contributed by atoms with Gasteiger partial charge in [0.2, 0.25) is 0 Å². The van der Waals surface area contributed by atoms with Crippen molar-refractivity contribution in [2.45, 2.75) is 6.29 Å². The molecule has 0 saturated carbocycles. The van der Waals surface area contributed by atoms with E-state index in [1.54, 1.807) is 7.11 Å². The van der Waals surface area contributed by atoms with Crippen molar-refractivity contribution < 1.29 is 18.4 Å². The maximum Gasteiger partial charge on any atom is 0.168 e. The van der Waals surface area contributed by atoms with Gasteiger partial charge in [-0.3, -0.25) is 4.21 Å². The largest absolute Gasteiger partial charge is 0.384 e. The van der Waals surface area contributed by atoms with Gasteiger partial charge in [0, 0.05) is 37.9 Å². The molecular weight excluding hydrogens is 180 g/mol.